The highest BCUT2D eigenvalue weighted by atomic mass is 32.2. The first-order valence-corrected chi connectivity index (χ1v) is 11.7. The van der Waals surface area contributed by atoms with E-state index in [2.05, 4.69) is 10.8 Å². The van der Waals surface area contributed by atoms with Gasteiger partial charge in [-0.1, -0.05) is 6.07 Å². The quantitative estimate of drug-likeness (QED) is 0.779. The Morgan fingerprint density at radius 1 is 1.20 bits per heavy atom. The maximum Gasteiger partial charge on any atom is 0.410 e. The molecule has 0 unspecified atom stereocenters. The minimum absolute atomic E-state index is 0.138. The van der Waals surface area contributed by atoms with Gasteiger partial charge in [0.1, 0.15) is 5.60 Å². The van der Waals surface area contributed by atoms with Crippen molar-refractivity contribution in [3.05, 3.63) is 23.4 Å². The number of nitrogens with zero attached hydrogens (tertiary/aromatic N) is 2. The molecule has 30 heavy (non-hydrogen) atoms. The summed E-state index contributed by atoms with van der Waals surface area (Å²) in [6.07, 6.45) is 2.17. The van der Waals surface area contributed by atoms with Crippen molar-refractivity contribution in [3.8, 4) is 5.88 Å². The molecule has 0 saturated carbocycles. The zero-order chi connectivity index (χ0) is 22.3. The first kappa shape index (κ1) is 23.0. The fourth-order valence-electron chi connectivity index (χ4n) is 4.16. The van der Waals surface area contributed by atoms with Crippen LogP contribution in [0.5, 0.6) is 5.88 Å². The molecule has 2 heterocycles. The van der Waals surface area contributed by atoms with Gasteiger partial charge in [0, 0.05) is 19.2 Å². The van der Waals surface area contributed by atoms with Gasteiger partial charge in [0.05, 0.1) is 34.6 Å². The summed E-state index contributed by atoms with van der Waals surface area (Å²) in [7, 11) is 0.368. The van der Waals surface area contributed by atoms with E-state index in [9.17, 15) is 9.00 Å². The van der Waals surface area contributed by atoms with Crippen molar-refractivity contribution in [2.24, 2.45) is 5.41 Å². The summed E-state index contributed by atoms with van der Waals surface area (Å²) in [5, 5.41) is 0. The summed E-state index contributed by atoms with van der Waals surface area (Å²) in [6, 6.07) is 3.79. The van der Waals surface area contributed by atoms with E-state index >= 15 is 0 Å². The number of rotatable bonds is 3. The number of likely N-dealkylation sites (tertiary alicyclic amines) is 1. The fraction of sp³-hybridized carbons (Fsp3) is 0.727. The maximum atomic E-state index is 13.0. The fourth-order valence-corrected chi connectivity index (χ4v) is 5.09. The number of aromatic nitrogens is 1. The molecule has 0 aromatic carbocycles. The summed E-state index contributed by atoms with van der Waals surface area (Å²) in [4.78, 5) is 19.0. The number of methoxy groups -OCH3 is 1. The molecule has 1 N–H and O–H groups in total. The van der Waals surface area contributed by atoms with Crippen molar-refractivity contribution in [1.82, 2.24) is 14.6 Å². The minimum Gasteiger partial charge on any atom is -0.481 e. The van der Waals surface area contributed by atoms with Crippen LogP contribution in [-0.4, -0.2) is 50.7 Å². The van der Waals surface area contributed by atoms with Gasteiger partial charge in [0.2, 0.25) is 5.88 Å². The number of piperidine rings is 1. The molecule has 1 aromatic rings. The first-order chi connectivity index (χ1) is 13.8. The summed E-state index contributed by atoms with van der Waals surface area (Å²) in [5.41, 5.74) is 1.42. The Bertz CT molecular complexity index is 821. The lowest BCUT2D eigenvalue weighted by molar-refractivity contribution is 0.00712. The van der Waals surface area contributed by atoms with Crippen molar-refractivity contribution in [2.75, 3.05) is 20.2 Å². The van der Waals surface area contributed by atoms with Crippen LogP contribution >= 0.6 is 0 Å². The van der Waals surface area contributed by atoms with Gasteiger partial charge >= 0.3 is 6.09 Å². The second kappa shape index (κ2) is 8.11. The molecule has 1 amide bonds. The predicted molar refractivity (Wildman–Crippen MR) is 118 cm³/mol. The van der Waals surface area contributed by atoms with E-state index in [0.29, 0.717) is 19.0 Å². The standard InChI is InChI=1S/C22H35N3O4S/c1-20(2,3)29-19(26)25-12-10-22(11-13-25)14-15-8-9-16(28-7)23-17(15)18(22)24-30(27)21(4,5)6/h8-9,18,24H,10-14H2,1-7H3/t18-,30-/m1/s1. The van der Waals surface area contributed by atoms with E-state index in [1.54, 1.807) is 12.0 Å². The Kier molecular flexibility index (Phi) is 6.22. The van der Waals surface area contributed by atoms with Gasteiger partial charge in [-0.25, -0.2) is 18.7 Å². The topological polar surface area (TPSA) is 80.8 Å². The second-order valence-corrected chi connectivity index (χ2v) is 12.3. The van der Waals surface area contributed by atoms with Crippen LogP contribution < -0.4 is 9.46 Å². The number of pyridine rings is 1. The van der Waals surface area contributed by atoms with Gasteiger partial charge in [-0.3, -0.25) is 0 Å². The van der Waals surface area contributed by atoms with Gasteiger partial charge in [0.25, 0.3) is 0 Å². The van der Waals surface area contributed by atoms with Crippen molar-refractivity contribution < 1.29 is 18.5 Å². The molecule has 1 aromatic heterocycles. The average Bonchev–Trinajstić information content (AvgIpc) is 2.92. The number of carbonyl (C=O) groups is 1. The van der Waals surface area contributed by atoms with Crippen LogP contribution in [0.2, 0.25) is 0 Å². The zero-order valence-electron chi connectivity index (χ0n) is 19.2. The highest BCUT2D eigenvalue weighted by molar-refractivity contribution is 7.84. The normalized spacial score (nSPS) is 22.0. The maximum absolute atomic E-state index is 13.0. The number of carbonyl (C=O) groups excluding carboxylic acids is 1. The SMILES string of the molecule is COc1ccc2c(n1)[C@@H](N[S@](=O)C(C)(C)C)C1(CCN(C(=O)OC(C)(C)C)CC1)C2. The Hall–Kier alpha value is -1.67. The van der Waals surface area contributed by atoms with Crippen molar-refractivity contribution in [1.29, 1.82) is 0 Å². The molecule has 2 atom stereocenters. The monoisotopic (exact) mass is 437 g/mol. The van der Waals surface area contributed by atoms with E-state index in [0.717, 1.165) is 30.5 Å². The second-order valence-electron chi connectivity index (χ2n) is 10.3. The lowest BCUT2D eigenvalue weighted by Crippen LogP contribution is -2.50. The van der Waals surface area contributed by atoms with Crippen LogP contribution in [-0.2, 0) is 22.1 Å². The number of hydrogen-bond donors (Lipinski definition) is 1. The Labute approximate surface area is 182 Å². The number of amides is 1. The van der Waals surface area contributed by atoms with Gasteiger partial charge < -0.3 is 14.4 Å². The lowest BCUT2D eigenvalue weighted by atomic mass is 9.73. The minimum atomic E-state index is -1.24. The van der Waals surface area contributed by atoms with E-state index in [4.69, 9.17) is 14.5 Å². The smallest absolute Gasteiger partial charge is 0.410 e. The van der Waals surface area contributed by atoms with E-state index in [1.807, 2.05) is 47.6 Å². The lowest BCUT2D eigenvalue weighted by Gasteiger charge is -2.43. The number of nitrogens with one attached hydrogen (secondary N) is 1. The van der Waals surface area contributed by atoms with E-state index < -0.39 is 16.6 Å². The molecule has 168 valence electrons. The van der Waals surface area contributed by atoms with Crippen LogP contribution in [0.1, 0.15) is 71.7 Å². The Morgan fingerprint density at radius 2 is 1.83 bits per heavy atom. The number of hydrogen-bond acceptors (Lipinski definition) is 5. The molecular weight excluding hydrogens is 402 g/mol. The highest BCUT2D eigenvalue weighted by Gasteiger charge is 2.50. The summed E-state index contributed by atoms with van der Waals surface area (Å²) in [5.74, 6) is 0.560. The highest BCUT2D eigenvalue weighted by Crippen LogP contribution is 2.52. The van der Waals surface area contributed by atoms with Crippen LogP contribution in [0.25, 0.3) is 0 Å². The van der Waals surface area contributed by atoms with Crippen molar-refractivity contribution in [3.63, 3.8) is 0 Å². The third-order valence-corrected chi connectivity index (χ3v) is 7.38. The molecule has 1 saturated heterocycles. The molecule has 1 aliphatic heterocycles. The third-order valence-electron chi connectivity index (χ3n) is 5.82. The van der Waals surface area contributed by atoms with Gasteiger partial charge in [-0.15, -0.1) is 0 Å². The summed E-state index contributed by atoms with van der Waals surface area (Å²) >= 11 is 0. The molecule has 1 aliphatic carbocycles. The van der Waals surface area contributed by atoms with Gasteiger partial charge in [-0.2, -0.15) is 0 Å². The van der Waals surface area contributed by atoms with Crippen LogP contribution in [0.3, 0.4) is 0 Å². The molecule has 1 fully saturated rings. The third kappa shape index (κ3) is 4.80. The number of ether oxygens (including phenoxy) is 2. The van der Waals surface area contributed by atoms with Crippen molar-refractivity contribution >= 4 is 17.1 Å². The molecule has 0 radical (unpaired) electrons. The van der Waals surface area contributed by atoms with Crippen molar-refractivity contribution in [2.45, 2.75) is 77.2 Å². The van der Waals surface area contributed by atoms with E-state index in [-0.39, 0.29) is 22.3 Å². The molecule has 1 spiro atoms. The Morgan fingerprint density at radius 3 is 2.37 bits per heavy atom. The largest absolute Gasteiger partial charge is 0.481 e. The molecular formula is C22H35N3O4S. The van der Waals surface area contributed by atoms with Gasteiger partial charge in [0.15, 0.2) is 0 Å². The van der Waals surface area contributed by atoms with Crippen LogP contribution in [0, 0.1) is 5.41 Å². The first-order valence-electron chi connectivity index (χ1n) is 10.5. The molecule has 2 aliphatic rings. The number of fused-ring (bicyclic) bond motifs is 1. The molecule has 8 heteroatoms. The average molecular weight is 438 g/mol. The zero-order valence-corrected chi connectivity index (χ0v) is 20.0. The molecule has 7 nitrogen and oxygen atoms in total. The summed E-state index contributed by atoms with van der Waals surface area (Å²) in [6.45, 7) is 12.7. The Balaban J connectivity index is 1.84. The van der Waals surface area contributed by atoms with Crippen LogP contribution in [0.15, 0.2) is 12.1 Å². The van der Waals surface area contributed by atoms with E-state index in [1.165, 1.54) is 0 Å². The predicted octanol–water partition coefficient (Wildman–Crippen LogP) is 3.76. The molecule has 0 bridgehead atoms. The molecule has 3 rings (SSSR count). The van der Waals surface area contributed by atoms with Crippen LogP contribution in [0.4, 0.5) is 4.79 Å². The summed E-state index contributed by atoms with van der Waals surface area (Å²) < 4.78 is 26.9. The van der Waals surface area contributed by atoms with Gasteiger partial charge in [-0.05, 0) is 71.8 Å².